The van der Waals surface area contributed by atoms with Crippen molar-refractivity contribution in [2.45, 2.75) is 33.1 Å². The first-order chi connectivity index (χ1) is 10.0. The molecule has 2 heteroatoms. The third-order valence-corrected chi connectivity index (χ3v) is 4.08. The molecule has 1 atom stereocenters. The van der Waals surface area contributed by atoms with Gasteiger partial charge in [-0.05, 0) is 68.6 Å². The van der Waals surface area contributed by atoms with Crippen molar-refractivity contribution in [1.82, 2.24) is 5.32 Å². The van der Waals surface area contributed by atoms with Crippen molar-refractivity contribution >= 4 is 0 Å². The minimum Gasteiger partial charge on any atom is -0.319 e. The standard InChI is InChI=1S/C19H24FN/c1-13-9-14(2)19(15(3)10-13)11-17(12-21-4)16-5-7-18(20)8-6-16/h5-10,17,21H,11-12H2,1-4H3. The summed E-state index contributed by atoms with van der Waals surface area (Å²) in [4.78, 5) is 0. The summed E-state index contributed by atoms with van der Waals surface area (Å²) in [6, 6.07) is 11.4. The minimum atomic E-state index is -0.176. The van der Waals surface area contributed by atoms with Gasteiger partial charge in [-0.1, -0.05) is 29.8 Å². The van der Waals surface area contributed by atoms with E-state index in [9.17, 15) is 4.39 Å². The molecule has 2 rings (SSSR count). The molecule has 2 aromatic rings. The van der Waals surface area contributed by atoms with Gasteiger partial charge in [0.1, 0.15) is 5.82 Å². The fraction of sp³-hybridized carbons (Fsp3) is 0.368. The van der Waals surface area contributed by atoms with E-state index in [2.05, 4.69) is 38.2 Å². The third-order valence-electron chi connectivity index (χ3n) is 4.08. The smallest absolute Gasteiger partial charge is 0.123 e. The molecule has 21 heavy (non-hydrogen) atoms. The summed E-state index contributed by atoms with van der Waals surface area (Å²) < 4.78 is 13.1. The maximum Gasteiger partial charge on any atom is 0.123 e. The van der Waals surface area contributed by atoms with Gasteiger partial charge in [0.25, 0.3) is 0 Å². The lowest BCUT2D eigenvalue weighted by atomic mass is 9.87. The lowest BCUT2D eigenvalue weighted by Gasteiger charge is -2.20. The first-order valence-electron chi connectivity index (χ1n) is 7.48. The van der Waals surface area contributed by atoms with E-state index in [1.54, 1.807) is 12.1 Å². The summed E-state index contributed by atoms with van der Waals surface area (Å²) in [5.41, 5.74) is 6.59. The molecule has 0 heterocycles. The fourth-order valence-electron chi connectivity index (χ4n) is 3.07. The fourth-order valence-corrected chi connectivity index (χ4v) is 3.07. The Morgan fingerprint density at radius 3 is 2.10 bits per heavy atom. The van der Waals surface area contributed by atoms with Gasteiger partial charge in [0.15, 0.2) is 0 Å². The van der Waals surface area contributed by atoms with Crippen LogP contribution in [0.25, 0.3) is 0 Å². The van der Waals surface area contributed by atoms with Crippen molar-refractivity contribution in [1.29, 1.82) is 0 Å². The number of hydrogen-bond donors (Lipinski definition) is 1. The average Bonchev–Trinajstić information content (AvgIpc) is 2.42. The number of benzene rings is 2. The van der Waals surface area contributed by atoms with Crippen LogP contribution in [0.2, 0.25) is 0 Å². The Hall–Kier alpha value is -1.67. The Labute approximate surface area is 127 Å². The van der Waals surface area contributed by atoms with Gasteiger partial charge in [0.2, 0.25) is 0 Å². The SMILES string of the molecule is CNCC(Cc1c(C)cc(C)cc1C)c1ccc(F)cc1. The van der Waals surface area contributed by atoms with Gasteiger partial charge in [0, 0.05) is 12.5 Å². The minimum absolute atomic E-state index is 0.176. The molecule has 0 aromatic heterocycles. The molecule has 0 saturated heterocycles. The van der Waals surface area contributed by atoms with E-state index < -0.39 is 0 Å². The summed E-state index contributed by atoms with van der Waals surface area (Å²) >= 11 is 0. The van der Waals surface area contributed by atoms with E-state index in [4.69, 9.17) is 0 Å². The second-order valence-corrected chi connectivity index (χ2v) is 5.89. The van der Waals surface area contributed by atoms with E-state index in [1.165, 1.54) is 27.8 Å². The van der Waals surface area contributed by atoms with Gasteiger partial charge in [-0.25, -0.2) is 4.39 Å². The van der Waals surface area contributed by atoms with Gasteiger partial charge in [-0.3, -0.25) is 0 Å². The van der Waals surface area contributed by atoms with Crippen LogP contribution in [0.15, 0.2) is 36.4 Å². The number of rotatable bonds is 5. The molecule has 0 radical (unpaired) electrons. The molecule has 0 amide bonds. The van der Waals surface area contributed by atoms with Gasteiger partial charge in [0.05, 0.1) is 0 Å². The van der Waals surface area contributed by atoms with Gasteiger partial charge >= 0.3 is 0 Å². The Morgan fingerprint density at radius 1 is 1.00 bits per heavy atom. The molecular formula is C19H24FN. The van der Waals surface area contributed by atoms with E-state index in [0.29, 0.717) is 5.92 Å². The van der Waals surface area contributed by atoms with Crippen LogP contribution in [-0.4, -0.2) is 13.6 Å². The van der Waals surface area contributed by atoms with Crippen LogP contribution in [0, 0.1) is 26.6 Å². The van der Waals surface area contributed by atoms with Crippen LogP contribution in [0.5, 0.6) is 0 Å². The van der Waals surface area contributed by atoms with Gasteiger partial charge in [-0.2, -0.15) is 0 Å². The predicted molar refractivity (Wildman–Crippen MR) is 87.4 cm³/mol. The Kier molecular flexibility index (Phi) is 5.13. The Balaban J connectivity index is 2.30. The van der Waals surface area contributed by atoms with Crippen LogP contribution >= 0.6 is 0 Å². The number of hydrogen-bond acceptors (Lipinski definition) is 1. The van der Waals surface area contributed by atoms with Crippen LogP contribution < -0.4 is 5.32 Å². The average molecular weight is 285 g/mol. The predicted octanol–water partition coefficient (Wildman–Crippen LogP) is 4.30. The highest BCUT2D eigenvalue weighted by Gasteiger charge is 2.15. The molecule has 0 bridgehead atoms. The maximum absolute atomic E-state index is 13.1. The van der Waals surface area contributed by atoms with Crippen LogP contribution in [0.4, 0.5) is 4.39 Å². The van der Waals surface area contributed by atoms with Crippen molar-refractivity contribution in [3.05, 3.63) is 70.0 Å². The summed E-state index contributed by atoms with van der Waals surface area (Å²) in [7, 11) is 1.96. The normalized spacial score (nSPS) is 12.4. The number of likely N-dealkylation sites (N-methyl/N-ethyl adjacent to an activating group) is 1. The monoisotopic (exact) mass is 285 g/mol. The molecule has 0 saturated carbocycles. The molecule has 1 unspecified atom stereocenters. The maximum atomic E-state index is 13.1. The highest BCUT2D eigenvalue weighted by atomic mass is 19.1. The zero-order valence-electron chi connectivity index (χ0n) is 13.3. The molecular weight excluding hydrogens is 261 g/mol. The molecule has 1 nitrogen and oxygen atoms in total. The number of nitrogens with one attached hydrogen (secondary N) is 1. The first-order valence-corrected chi connectivity index (χ1v) is 7.48. The van der Waals surface area contributed by atoms with Crippen LogP contribution in [-0.2, 0) is 6.42 Å². The quantitative estimate of drug-likeness (QED) is 0.864. The number of aryl methyl sites for hydroxylation is 3. The molecule has 0 spiro atoms. The van der Waals surface area contributed by atoms with E-state index in [-0.39, 0.29) is 5.82 Å². The molecule has 1 N–H and O–H groups in total. The number of halogens is 1. The molecule has 2 aromatic carbocycles. The zero-order valence-corrected chi connectivity index (χ0v) is 13.3. The van der Waals surface area contributed by atoms with Crippen molar-refractivity contribution in [3.8, 4) is 0 Å². The summed E-state index contributed by atoms with van der Waals surface area (Å²) in [5.74, 6) is 0.181. The third kappa shape index (κ3) is 3.92. The van der Waals surface area contributed by atoms with Gasteiger partial charge < -0.3 is 5.32 Å². The summed E-state index contributed by atoms with van der Waals surface area (Å²) in [6.07, 6.45) is 0.977. The Morgan fingerprint density at radius 2 is 1.57 bits per heavy atom. The van der Waals surface area contributed by atoms with Crippen LogP contribution in [0.3, 0.4) is 0 Å². The van der Waals surface area contributed by atoms with Crippen molar-refractivity contribution in [2.24, 2.45) is 0 Å². The first kappa shape index (κ1) is 15.7. The highest BCUT2D eigenvalue weighted by molar-refractivity contribution is 5.39. The van der Waals surface area contributed by atoms with Crippen molar-refractivity contribution in [3.63, 3.8) is 0 Å². The molecule has 112 valence electrons. The molecule has 0 aliphatic heterocycles. The summed E-state index contributed by atoms with van der Waals surface area (Å²) in [5, 5.41) is 3.26. The van der Waals surface area contributed by atoms with E-state index >= 15 is 0 Å². The van der Waals surface area contributed by atoms with Crippen LogP contribution in [0.1, 0.15) is 33.7 Å². The van der Waals surface area contributed by atoms with Crippen molar-refractivity contribution in [2.75, 3.05) is 13.6 Å². The molecule has 0 aliphatic carbocycles. The second kappa shape index (κ2) is 6.86. The topological polar surface area (TPSA) is 12.0 Å². The van der Waals surface area contributed by atoms with E-state index in [1.807, 2.05) is 19.2 Å². The second-order valence-electron chi connectivity index (χ2n) is 5.89. The zero-order chi connectivity index (χ0) is 15.4. The van der Waals surface area contributed by atoms with Crippen molar-refractivity contribution < 1.29 is 4.39 Å². The largest absolute Gasteiger partial charge is 0.319 e. The highest BCUT2D eigenvalue weighted by Crippen LogP contribution is 2.25. The van der Waals surface area contributed by atoms with Gasteiger partial charge in [-0.15, -0.1) is 0 Å². The Bertz CT molecular complexity index is 578. The van der Waals surface area contributed by atoms with E-state index in [0.717, 1.165) is 13.0 Å². The lowest BCUT2D eigenvalue weighted by Crippen LogP contribution is -2.20. The summed E-state index contributed by atoms with van der Waals surface area (Å²) in [6.45, 7) is 7.38. The molecule has 0 aliphatic rings. The molecule has 0 fully saturated rings. The lowest BCUT2D eigenvalue weighted by molar-refractivity contribution is 0.609.